The molecule has 1 unspecified atom stereocenters. The second-order valence-electron chi connectivity index (χ2n) is 6.50. The molecule has 1 atom stereocenters. The molecule has 1 amide bonds. The van der Waals surface area contributed by atoms with Crippen molar-refractivity contribution in [2.24, 2.45) is 11.1 Å². The van der Waals surface area contributed by atoms with Gasteiger partial charge >= 0.3 is 0 Å². The molecule has 1 saturated carbocycles. The van der Waals surface area contributed by atoms with Crippen molar-refractivity contribution in [3.05, 3.63) is 29.8 Å². The Bertz CT molecular complexity index is 513. The van der Waals surface area contributed by atoms with Gasteiger partial charge in [0.1, 0.15) is 5.75 Å². The summed E-state index contributed by atoms with van der Waals surface area (Å²) in [7, 11) is 1.57. The monoisotopic (exact) mass is 320 g/mol. The van der Waals surface area contributed by atoms with Gasteiger partial charge in [0.15, 0.2) is 0 Å². The summed E-state index contributed by atoms with van der Waals surface area (Å²) in [5.74, 6) is 0.589. The first-order valence-corrected chi connectivity index (χ1v) is 8.38. The highest BCUT2D eigenvalue weighted by molar-refractivity contribution is 5.76. The number of hydrogen-bond donors (Lipinski definition) is 3. The fourth-order valence-electron chi connectivity index (χ4n) is 3.42. The summed E-state index contributed by atoms with van der Waals surface area (Å²) >= 11 is 0. The number of aliphatic hydroxyl groups excluding tert-OH is 1. The molecule has 0 bridgehead atoms. The van der Waals surface area contributed by atoms with Gasteiger partial charge in [0.25, 0.3) is 0 Å². The predicted octanol–water partition coefficient (Wildman–Crippen LogP) is 2.14. The molecule has 1 aromatic rings. The van der Waals surface area contributed by atoms with E-state index in [2.05, 4.69) is 5.32 Å². The summed E-state index contributed by atoms with van der Waals surface area (Å²) < 4.78 is 5.24. The summed E-state index contributed by atoms with van der Waals surface area (Å²) in [4.78, 5) is 12.3. The van der Waals surface area contributed by atoms with Gasteiger partial charge in [0, 0.05) is 18.5 Å². The van der Waals surface area contributed by atoms with Crippen molar-refractivity contribution in [3.8, 4) is 5.75 Å². The van der Waals surface area contributed by atoms with E-state index in [1.165, 1.54) is 6.42 Å². The molecule has 0 aliphatic heterocycles. The predicted molar refractivity (Wildman–Crippen MR) is 90.2 cm³/mol. The summed E-state index contributed by atoms with van der Waals surface area (Å²) in [6, 6.07) is 7.29. The fourth-order valence-corrected chi connectivity index (χ4v) is 3.42. The quantitative estimate of drug-likeness (QED) is 0.718. The summed E-state index contributed by atoms with van der Waals surface area (Å²) in [5.41, 5.74) is 6.55. The summed E-state index contributed by atoms with van der Waals surface area (Å²) in [5, 5.41) is 13.1. The van der Waals surface area contributed by atoms with E-state index < -0.39 is 6.10 Å². The van der Waals surface area contributed by atoms with Gasteiger partial charge in [-0.1, -0.05) is 37.5 Å². The average molecular weight is 320 g/mol. The molecule has 1 fully saturated rings. The number of nitrogens with one attached hydrogen (secondary N) is 1. The fraction of sp³-hybridized carbons (Fsp3) is 0.611. The second-order valence-corrected chi connectivity index (χ2v) is 6.50. The second kappa shape index (κ2) is 8.31. The Hall–Kier alpha value is -1.59. The molecule has 0 radical (unpaired) electrons. The van der Waals surface area contributed by atoms with Crippen LogP contribution in [0.1, 0.15) is 50.2 Å². The Morgan fingerprint density at radius 2 is 2.04 bits per heavy atom. The van der Waals surface area contributed by atoms with Gasteiger partial charge in [0.2, 0.25) is 5.91 Å². The summed E-state index contributed by atoms with van der Waals surface area (Å²) in [6.45, 7) is 0.731. The maximum atomic E-state index is 12.3. The maximum Gasteiger partial charge on any atom is 0.220 e. The number of rotatable bonds is 7. The van der Waals surface area contributed by atoms with Gasteiger partial charge < -0.3 is 20.9 Å². The minimum absolute atomic E-state index is 0.0358. The molecule has 1 aromatic carbocycles. The number of amides is 1. The Morgan fingerprint density at radius 3 is 2.70 bits per heavy atom. The van der Waals surface area contributed by atoms with Crippen molar-refractivity contribution in [1.29, 1.82) is 0 Å². The topological polar surface area (TPSA) is 84.6 Å². The number of nitrogens with two attached hydrogens (primary N) is 1. The Labute approximate surface area is 138 Å². The number of carbonyl (C=O) groups is 1. The van der Waals surface area contributed by atoms with Crippen LogP contribution in [-0.2, 0) is 4.79 Å². The lowest BCUT2D eigenvalue weighted by molar-refractivity contribution is -0.124. The third-order valence-corrected chi connectivity index (χ3v) is 4.87. The number of ether oxygens (including phenoxy) is 1. The van der Waals surface area contributed by atoms with Gasteiger partial charge in [-0.05, 0) is 30.9 Å². The van der Waals surface area contributed by atoms with E-state index in [0.717, 1.165) is 25.7 Å². The molecule has 4 N–H and O–H groups in total. The number of carbonyl (C=O) groups excluding carboxylic acids is 1. The minimum Gasteiger partial charge on any atom is -0.496 e. The molecule has 2 rings (SSSR count). The van der Waals surface area contributed by atoms with Crippen LogP contribution in [0.25, 0.3) is 0 Å². The van der Waals surface area contributed by atoms with Gasteiger partial charge in [-0.3, -0.25) is 4.79 Å². The molecule has 0 aromatic heterocycles. The highest BCUT2D eigenvalue weighted by Gasteiger charge is 2.33. The standard InChI is InChI=1S/C18H28N2O3/c1-23-16-8-4-3-7-14(16)15(21)12-20-17(22)11-18(13-19)9-5-2-6-10-18/h3-4,7-8,15,21H,2,5-6,9-13,19H2,1H3,(H,20,22). The Balaban J connectivity index is 1.88. The van der Waals surface area contributed by atoms with Gasteiger partial charge in [-0.25, -0.2) is 0 Å². The smallest absolute Gasteiger partial charge is 0.220 e. The van der Waals surface area contributed by atoms with Crippen molar-refractivity contribution >= 4 is 5.91 Å². The maximum absolute atomic E-state index is 12.3. The van der Waals surface area contributed by atoms with Crippen molar-refractivity contribution in [2.45, 2.75) is 44.6 Å². The first kappa shape index (κ1) is 17.8. The minimum atomic E-state index is -0.782. The molecule has 128 valence electrons. The molecule has 0 saturated heterocycles. The lowest BCUT2D eigenvalue weighted by Gasteiger charge is -2.35. The number of benzene rings is 1. The molecular formula is C18H28N2O3. The zero-order chi connectivity index (χ0) is 16.7. The average Bonchev–Trinajstić information content (AvgIpc) is 2.60. The van der Waals surface area contributed by atoms with Crippen LogP contribution in [0.3, 0.4) is 0 Å². The normalized spacial score (nSPS) is 18.2. The van der Waals surface area contributed by atoms with Crippen molar-refractivity contribution in [3.63, 3.8) is 0 Å². The van der Waals surface area contributed by atoms with Crippen LogP contribution in [0.5, 0.6) is 5.75 Å². The molecule has 0 spiro atoms. The Kier molecular flexibility index (Phi) is 6.42. The zero-order valence-corrected chi connectivity index (χ0v) is 13.9. The van der Waals surface area contributed by atoms with Crippen LogP contribution >= 0.6 is 0 Å². The van der Waals surface area contributed by atoms with Gasteiger partial charge in [-0.2, -0.15) is 0 Å². The zero-order valence-electron chi connectivity index (χ0n) is 13.9. The molecule has 0 heterocycles. The highest BCUT2D eigenvalue weighted by atomic mass is 16.5. The Morgan fingerprint density at radius 1 is 1.35 bits per heavy atom. The van der Waals surface area contributed by atoms with Gasteiger partial charge in [-0.15, -0.1) is 0 Å². The van der Waals surface area contributed by atoms with Crippen molar-refractivity contribution < 1.29 is 14.6 Å². The molecular weight excluding hydrogens is 292 g/mol. The molecule has 5 nitrogen and oxygen atoms in total. The molecule has 5 heteroatoms. The van der Waals surface area contributed by atoms with Crippen LogP contribution in [0.2, 0.25) is 0 Å². The van der Waals surface area contributed by atoms with E-state index in [1.54, 1.807) is 19.2 Å². The van der Waals surface area contributed by atoms with E-state index in [9.17, 15) is 9.90 Å². The largest absolute Gasteiger partial charge is 0.496 e. The van der Waals surface area contributed by atoms with Crippen LogP contribution < -0.4 is 15.8 Å². The lowest BCUT2D eigenvalue weighted by atomic mass is 9.71. The molecule has 1 aliphatic rings. The number of aliphatic hydroxyl groups is 1. The van der Waals surface area contributed by atoms with Crippen LogP contribution in [0.15, 0.2) is 24.3 Å². The molecule has 1 aliphatic carbocycles. The van der Waals surface area contributed by atoms with Crippen LogP contribution in [0.4, 0.5) is 0 Å². The van der Waals surface area contributed by atoms with Crippen LogP contribution in [0, 0.1) is 5.41 Å². The highest BCUT2D eigenvalue weighted by Crippen LogP contribution is 2.38. The van der Waals surface area contributed by atoms with E-state index >= 15 is 0 Å². The first-order chi connectivity index (χ1) is 11.1. The SMILES string of the molecule is COc1ccccc1C(O)CNC(=O)CC1(CN)CCCCC1. The van der Waals surface area contributed by atoms with Crippen molar-refractivity contribution in [2.75, 3.05) is 20.2 Å². The third kappa shape index (κ3) is 4.69. The van der Waals surface area contributed by atoms with E-state index in [1.807, 2.05) is 12.1 Å². The lowest BCUT2D eigenvalue weighted by Crippen LogP contribution is -2.39. The summed E-state index contributed by atoms with van der Waals surface area (Å²) in [6.07, 6.45) is 5.23. The van der Waals surface area contributed by atoms with Crippen molar-refractivity contribution in [1.82, 2.24) is 5.32 Å². The van der Waals surface area contributed by atoms with E-state index in [-0.39, 0.29) is 17.9 Å². The number of methoxy groups -OCH3 is 1. The van der Waals surface area contributed by atoms with E-state index in [4.69, 9.17) is 10.5 Å². The van der Waals surface area contributed by atoms with E-state index in [0.29, 0.717) is 24.3 Å². The number of para-hydroxylation sites is 1. The van der Waals surface area contributed by atoms with Crippen LogP contribution in [-0.4, -0.2) is 31.2 Å². The number of hydrogen-bond acceptors (Lipinski definition) is 4. The molecule has 23 heavy (non-hydrogen) atoms. The first-order valence-electron chi connectivity index (χ1n) is 8.38. The third-order valence-electron chi connectivity index (χ3n) is 4.87. The van der Waals surface area contributed by atoms with Gasteiger partial charge in [0.05, 0.1) is 13.2 Å².